The molecule has 122 valence electrons. The van der Waals surface area contributed by atoms with Crippen molar-refractivity contribution in [1.82, 2.24) is 4.90 Å². The van der Waals surface area contributed by atoms with E-state index < -0.39 is 11.7 Å². The maximum Gasteiger partial charge on any atom is 0.256 e. The van der Waals surface area contributed by atoms with Gasteiger partial charge in [0.05, 0.1) is 5.56 Å². The SMILES string of the molecule is CN(C)C(=O)c1cc(NC(=O)CCCCCCN)ccc1F. The highest BCUT2D eigenvalue weighted by atomic mass is 19.1. The predicted octanol–water partition coefficient (Wildman–Crippen LogP) is 2.38. The largest absolute Gasteiger partial charge is 0.345 e. The number of nitrogens with zero attached hydrogens (tertiary/aromatic N) is 1. The maximum absolute atomic E-state index is 13.7. The van der Waals surface area contributed by atoms with Crippen molar-refractivity contribution < 1.29 is 14.0 Å². The first kappa shape index (κ1) is 18.1. The molecule has 5 nitrogen and oxygen atoms in total. The van der Waals surface area contributed by atoms with Gasteiger partial charge < -0.3 is 16.0 Å². The van der Waals surface area contributed by atoms with Crippen LogP contribution in [0.25, 0.3) is 0 Å². The molecule has 0 fully saturated rings. The maximum atomic E-state index is 13.7. The Morgan fingerprint density at radius 2 is 1.86 bits per heavy atom. The Hall–Kier alpha value is -1.95. The highest BCUT2D eigenvalue weighted by Crippen LogP contribution is 2.16. The highest BCUT2D eigenvalue weighted by molar-refractivity contribution is 5.97. The first-order chi connectivity index (χ1) is 10.5. The van der Waals surface area contributed by atoms with E-state index in [4.69, 9.17) is 5.73 Å². The van der Waals surface area contributed by atoms with Crippen LogP contribution in [0.4, 0.5) is 10.1 Å². The molecule has 0 spiro atoms. The molecule has 0 radical (unpaired) electrons. The van der Waals surface area contributed by atoms with E-state index in [2.05, 4.69) is 5.32 Å². The van der Waals surface area contributed by atoms with Gasteiger partial charge in [-0.15, -0.1) is 0 Å². The van der Waals surface area contributed by atoms with E-state index in [1.165, 1.54) is 23.1 Å². The summed E-state index contributed by atoms with van der Waals surface area (Å²) in [6.07, 6.45) is 4.13. The van der Waals surface area contributed by atoms with Gasteiger partial charge in [-0.3, -0.25) is 9.59 Å². The standard InChI is InChI=1S/C16H24FN3O2/c1-20(2)16(22)13-11-12(8-9-14(13)17)19-15(21)7-5-3-4-6-10-18/h8-9,11H,3-7,10,18H2,1-2H3,(H,19,21). The van der Waals surface area contributed by atoms with Crippen LogP contribution >= 0.6 is 0 Å². The summed E-state index contributed by atoms with van der Waals surface area (Å²) in [5.41, 5.74) is 5.78. The van der Waals surface area contributed by atoms with Gasteiger partial charge in [0.1, 0.15) is 5.82 Å². The second-order valence-electron chi connectivity index (χ2n) is 5.40. The third-order valence-electron chi connectivity index (χ3n) is 3.24. The number of benzene rings is 1. The van der Waals surface area contributed by atoms with Crippen LogP contribution in [0.2, 0.25) is 0 Å². The highest BCUT2D eigenvalue weighted by Gasteiger charge is 2.15. The molecule has 2 amide bonds. The van der Waals surface area contributed by atoms with Gasteiger partial charge in [0.2, 0.25) is 5.91 Å². The predicted molar refractivity (Wildman–Crippen MR) is 85.2 cm³/mol. The molecule has 0 aliphatic rings. The normalized spacial score (nSPS) is 10.4. The Bertz CT molecular complexity index is 518. The van der Waals surface area contributed by atoms with Crippen molar-refractivity contribution in [3.63, 3.8) is 0 Å². The molecule has 6 heteroatoms. The average Bonchev–Trinajstić information content (AvgIpc) is 2.48. The van der Waals surface area contributed by atoms with Gasteiger partial charge >= 0.3 is 0 Å². The Balaban J connectivity index is 2.57. The van der Waals surface area contributed by atoms with Crippen molar-refractivity contribution in [3.05, 3.63) is 29.6 Å². The number of carbonyl (C=O) groups excluding carboxylic acids is 2. The second kappa shape index (κ2) is 9.15. The van der Waals surface area contributed by atoms with E-state index in [1.54, 1.807) is 14.1 Å². The van der Waals surface area contributed by atoms with E-state index in [9.17, 15) is 14.0 Å². The zero-order valence-electron chi connectivity index (χ0n) is 13.2. The van der Waals surface area contributed by atoms with Crippen molar-refractivity contribution in [2.75, 3.05) is 26.0 Å². The first-order valence-corrected chi connectivity index (χ1v) is 7.47. The minimum Gasteiger partial charge on any atom is -0.345 e. The summed E-state index contributed by atoms with van der Waals surface area (Å²) >= 11 is 0. The van der Waals surface area contributed by atoms with Crippen LogP contribution < -0.4 is 11.1 Å². The number of unbranched alkanes of at least 4 members (excludes halogenated alkanes) is 3. The molecular formula is C16H24FN3O2. The van der Waals surface area contributed by atoms with Gasteiger partial charge in [-0.25, -0.2) is 4.39 Å². The number of hydrogen-bond donors (Lipinski definition) is 2. The number of rotatable bonds is 8. The summed E-state index contributed by atoms with van der Waals surface area (Å²) in [5.74, 6) is -1.17. The summed E-state index contributed by atoms with van der Waals surface area (Å²) in [4.78, 5) is 25.0. The summed E-state index contributed by atoms with van der Waals surface area (Å²) in [6.45, 7) is 0.671. The van der Waals surface area contributed by atoms with E-state index in [0.29, 0.717) is 18.7 Å². The molecule has 0 atom stereocenters. The average molecular weight is 309 g/mol. The number of nitrogens with one attached hydrogen (secondary N) is 1. The Morgan fingerprint density at radius 3 is 2.50 bits per heavy atom. The number of anilines is 1. The van der Waals surface area contributed by atoms with Gasteiger partial charge in [-0.05, 0) is 37.6 Å². The number of halogens is 1. The molecule has 0 saturated carbocycles. The Labute approximate surface area is 130 Å². The molecule has 0 unspecified atom stereocenters. The van der Waals surface area contributed by atoms with Crippen LogP contribution in [0.1, 0.15) is 42.5 Å². The van der Waals surface area contributed by atoms with Crippen LogP contribution in [0, 0.1) is 5.82 Å². The first-order valence-electron chi connectivity index (χ1n) is 7.47. The fourth-order valence-electron chi connectivity index (χ4n) is 2.01. The molecule has 1 rings (SSSR count). The second-order valence-corrected chi connectivity index (χ2v) is 5.40. The zero-order valence-corrected chi connectivity index (χ0v) is 13.2. The Kier molecular flexibility index (Phi) is 7.52. The molecule has 3 N–H and O–H groups in total. The van der Waals surface area contributed by atoms with Crippen LogP contribution in [-0.2, 0) is 4.79 Å². The summed E-state index contributed by atoms with van der Waals surface area (Å²) in [5, 5.41) is 2.69. The van der Waals surface area contributed by atoms with Crippen molar-refractivity contribution in [2.45, 2.75) is 32.1 Å². The van der Waals surface area contributed by atoms with Gasteiger partial charge in [0, 0.05) is 26.2 Å². The van der Waals surface area contributed by atoms with Crippen molar-refractivity contribution in [1.29, 1.82) is 0 Å². The third-order valence-corrected chi connectivity index (χ3v) is 3.24. The van der Waals surface area contributed by atoms with E-state index in [0.717, 1.165) is 25.7 Å². The van der Waals surface area contributed by atoms with Crippen molar-refractivity contribution >= 4 is 17.5 Å². The lowest BCUT2D eigenvalue weighted by atomic mass is 10.1. The summed E-state index contributed by atoms with van der Waals surface area (Å²) < 4.78 is 13.7. The van der Waals surface area contributed by atoms with Crippen LogP contribution in [0.5, 0.6) is 0 Å². The van der Waals surface area contributed by atoms with Crippen molar-refractivity contribution in [3.8, 4) is 0 Å². The number of carbonyl (C=O) groups is 2. The molecule has 0 aromatic heterocycles. The van der Waals surface area contributed by atoms with Crippen LogP contribution in [0.15, 0.2) is 18.2 Å². The molecule has 22 heavy (non-hydrogen) atoms. The van der Waals surface area contributed by atoms with Crippen LogP contribution in [-0.4, -0.2) is 37.4 Å². The number of amides is 2. The molecule has 0 heterocycles. The molecular weight excluding hydrogens is 285 g/mol. The lowest BCUT2D eigenvalue weighted by Gasteiger charge is -2.12. The quantitative estimate of drug-likeness (QED) is 0.724. The van der Waals surface area contributed by atoms with Gasteiger partial charge in [0.25, 0.3) is 5.91 Å². The monoisotopic (exact) mass is 309 g/mol. The molecule has 1 aromatic rings. The minimum atomic E-state index is -0.599. The molecule has 0 aliphatic carbocycles. The third kappa shape index (κ3) is 5.81. The lowest BCUT2D eigenvalue weighted by molar-refractivity contribution is -0.116. The zero-order chi connectivity index (χ0) is 16.5. The van der Waals surface area contributed by atoms with Crippen LogP contribution in [0.3, 0.4) is 0 Å². The topological polar surface area (TPSA) is 75.4 Å². The van der Waals surface area contributed by atoms with Gasteiger partial charge in [-0.2, -0.15) is 0 Å². The van der Waals surface area contributed by atoms with Gasteiger partial charge in [0.15, 0.2) is 0 Å². The molecule has 1 aromatic carbocycles. The Morgan fingerprint density at radius 1 is 1.18 bits per heavy atom. The van der Waals surface area contributed by atoms with E-state index in [-0.39, 0.29) is 11.5 Å². The summed E-state index contributed by atoms with van der Waals surface area (Å²) in [6, 6.07) is 4.01. The molecule has 0 aliphatic heterocycles. The minimum absolute atomic E-state index is 0.0502. The summed E-state index contributed by atoms with van der Waals surface area (Å²) in [7, 11) is 3.10. The van der Waals surface area contributed by atoms with Gasteiger partial charge in [-0.1, -0.05) is 12.8 Å². The number of hydrogen-bond acceptors (Lipinski definition) is 3. The number of nitrogens with two attached hydrogens (primary N) is 1. The fraction of sp³-hybridized carbons (Fsp3) is 0.500. The smallest absolute Gasteiger partial charge is 0.256 e. The fourth-order valence-corrected chi connectivity index (χ4v) is 2.01. The molecule has 0 bridgehead atoms. The lowest BCUT2D eigenvalue weighted by Crippen LogP contribution is -2.23. The molecule has 0 saturated heterocycles. The van der Waals surface area contributed by atoms with Crippen molar-refractivity contribution in [2.24, 2.45) is 5.73 Å². The van der Waals surface area contributed by atoms with E-state index in [1.807, 2.05) is 0 Å². The van der Waals surface area contributed by atoms with E-state index >= 15 is 0 Å².